The first kappa shape index (κ1) is 20.0. The van der Waals surface area contributed by atoms with Crippen LogP contribution in [0.2, 0.25) is 0 Å². The van der Waals surface area contributed by atoms with Gasteiger partial charge in [0.15, 0.2) is 0 Å². The number of rotatable bonds is 2. The normalized spacial score (nSPS) is 24.1. The second-order valence-corrected chi connectivity index (χ2v) is 9.29. The molecule has 2 aliphatic heterocycles. The highest BCUT2D eigenvalue weighted by Crippen LogP contribution is 2.41. The highest BCUT2D eigenvalue weighted by molar-refractivity contribution is 6.55. The molecule has 1 atom stereocenters. The van der Waals surface area contributed by atoms with Crippen LogP contribution in [0, 0.1) is 0 Å². The molecule has 0 radical (unpaired) electrons. The molecule has 6 heteroatoms. The van der Waals surface area contributed by atoms with Crippen molar-refractivity contribution in [1.82, 2.24) is 4.90 Å². The van der Waals surface area contributed by atoms with E-state index in [9.17, 15) is 4.79 Å². The molecule has 1 amide bonds. The summed E-state index contributed by atoms with van der Waals surface area (Å²) in [5.74, 6) is 0. The van der Waals surface area contributed by atoms with Crippen molar-refractivity contribution >= 4 is 13.2 Å². The lowest BCUT2D eigenvalue weighted by Crippen LogP contribution is -2.41. The predicted molar refractivity (Wildman–Crippen MR) is 106 cm³/mol. The molecule has 2 aliphatic rings. The van der Waals surface area contributed by atoms with Gasteiger partial charge in [0.2, 0.25) is 0 Å². The minimum absolute atomic E-state index is 0.199. The standard InChI is InChI=1S/C21H30BNO4/c1-19(2,3)25-18(24)23-14-16(13-17(23)15-11-9-8-10-12-15)22-26-20(4,5)21(6,7)27-22/h8-13,17H,14H2,1-7H3/t17-/m0/s1. The van der Waals surface area contributed by atoms with E-state index in [1.54, 1.807) is 4.90 Å². The minimum Gasteiger partial charge on any atom is -0.444 e. The van der Waals surface area contributed by atoms with Crippen molar-refractivity contribution in [3.8, 4) is 0 Å². The molecule has 1 saturated heterocycles. The monoisotopic (exact) mass is 371 g/mol. The maximum atomic E-state index is 12.8. The molecule has 146 valence electrons. The summed E-state index contributed by atoms with van der Waals surface area (Å²) in [6, 6.07) is 9.76. The molecule has 3 rings (SSSR count). The van der Waals surface area contributed by atoms with Crippen LogP contribution in [-0.4, -0.2) is 41.5 Å². The van der Waals surface area contributed by atoms with Crippen molar-refractivity contribution < 1.29 is 18.8 Å². The summed E-state index contributed by atoms with van der Waals surface area (Å²) in [6.45, 7) is 14.2. The van der Waals surface area contributed by atoms with Crippen molar-refractivity contribution in [1.29, 1.82) is 0 Å². The van der Waals surface area contributed by atoms with Gasteiger partial charge in [0, 0.05) is 6.54 Å². The fraction of sp³-hybridized carbons (Fsp3) is 0.571. The van der Waals surface area contributed by atoms with E-state index in [0.717, 1.165) is 11.0 Å². The van der Waals surface area contributed by atoms with Crippen molar-refractivity contribution in [2.24, 2.45) is 0 Å². The van der Waals surface area contributed by atoms with Crippen molar-refractivity contribution in [2.75, 3.05) is 6.54 Å². The van der Waals surface area contributed by atoms with Gasteiger partial charge in [0.1, 0.15) is 5.60 Å². The first-order valence-electron chi connectivity index (χ1n) is 9.50. The molecule has 1 fully saturated rings. The van der Waals surface area contributed by atoms with E-state index in [4.69, 9.17) is 14.0 Å². The summed E-state index contributed by atoms with van der Waals surface area (Å²) < 4.78 is 18.0. The number of ether oxygens (including phenoxy) is 1. The largest absolute Gasteiger partial charge is 0.492 e. The zero-order valence-corrected chi connectivity index (χ0v) is 17.4. The summed E-state index contributed by atoms with van der Waals surface area (Å²) in [5.41, 5.74) is 0.606. The van der Waals surface area contributed by atoms with Crippen LogP contribution in [0.15, 0.2) is 41.9 Å². The van der Waals surface area contributed by atoms with Crippen molar-refractivity contribution in [3.05, 3.63) is 47.4 Å². The number of carbonyl (C=O) groups is 1. The van der Waals surface area contributed by atoms with Gasteiger partial charge in [-0.3, -0.25) is 4.90 Å². The Kier molecular flexibility index (Phi) is 4.94. The second kappa shape index (κ2) is 6.68. The van der Waals surface area contributed by atoms with Gasteiger partial charge < -0.3 is 14.0 Å². The lowest BCUT2D eigenvalue weighted by molar-refractivity contribution is 0.00578. The first-order valence-corrected chi connectivity index (χ1v) is 9.50. The number of hydrogen-bond acceptors (Lipinski definition) is 4. The van der Waals surface area contributed by atoms with Crippen LogP contribution in [0.3, 0.4) is 0 Å². The smallest absolute Gasteiger partial charge is 0.444 e. The van der Waals surface area contributed by atoms with Gasteiger partial charge in [0.05, 0.1) is 17.2 Å². The van der Waals surface area contributed by atoms with Crippen LogP contribution < -0.4 is 0 Å². The Morgan fingerprint density at radius 2 is 1.67 bits per heavy atom. The van der Waals surface area contributed by atoms with Crippen LogP contribution in [-0.2, 0) is 14.0 Å². The zero-order chi connectivity index (χ0) is 20.0. The van der Waals surface area contributed by atoms with Crippen LogP contribution in [0.25, 0.3) is 0 Å². The van der Waals surface area contributed by atoms with Gasteiger partial charge >= 0.3 is 13.2 Å². The van der Waals surface area contributed by atoms with E-state index < -0.39 is 23.9 Å². The molecular formula is C21H30BNO4. The average Bonchev–Trinajstić information content (AvgIpc) is 3.06. The Morgan fingerprint density at radius 1 is 1.11 bits per heavy atom. The molecule has 27 heavy (non-hydrogen) atoms. The van der Waals surface area contributed by atoms with Crippen LogP contribution >= 0.6 is 0 Å². The number of carbonyl (C=O) groups excluding carboxylic acids is 1. The number of amides is 1. The molecule has 0 aliphatic carbocycles. The van der Waals surface area contributed by atoms with Crippen molar-refractivity contribution in [2.45, 2.75) is 71.3 Å². The predicted octanol–water partition coefficient (Wildman–Crippen LogP) is 4.54. The van der Waals surface area contributed by atoms with Crippen molar-refractivity contribution in [3.63, 3.8) is 0 Å². The van der Waals surface area contributed by atoms with Crippen LogP contribution in [0.5, 0.6) is 0 Å². The Bertz CT molecular complexity index is 720. The molecule has 0 aromatic heterocycles. The zero-order valence-electron chi connectivity index (χ0n) is 17.4. The molecule has 1 aromatic carbocycles. The number of hydrogen-bond donors (Lipinski definition) is 0. The lowest BCUT2D eigenvalue weighted by atomic mass is 9.78. The highest BCUT2D eigenvalue weighted by Gasteiger charge is 2.53. The third kappa shape index (κ3) is 4.07. The first-order chi connectivity index (χ1) is 12.4. The Morgan fingerprint density at radius 3 is 2.19 bits per heavy atom. The summed E-state index contributed by atoms with van der Waals surface area (Å²) in [6.07, 6.45) is 1.74. The molecule has 5 nitrogen and oxygen atoms in total. The van der Waals surface area contributed by atoms with E-state index in [0.29, 0.717) is 6.54 Å². The van der Waals surface area contributed by atoms with E-state index in [1.165, 1.54) is 0 Å². The molecule has 1 aromatic rings. The fourth-order valence-electron chi connectivity index (χ4n) is 3.21. The Balaban J connectivity index is 1.88. The molecule has 0 spiro atoms. The van der Waals surface area contributed by atoms with Gasteiger partial charge in [-0.15, -0.1) is 0 Å². The number of nitrogens with zero attached hydrogens (tertiary/aromatic N) is 1. The Hall–Kier alpha value is -1.79. The molecule has 0 N–H and O–H groups in total. The van der Waals surface area contributed by atoms with Gasteiger partial charge in [0.25, 0.3) is 0 Å². The van der Waals surface area contributed by atoms with Crippen LogP contribution in [0.1, 0.15) is 60.1 Å². The molecule has 2 heterocycles. The summed E-state index contributed by atoms with van der Waals surface area (Å²) in [5, 5.41) is 0. The van der Waals surface area contributed by atoms with E-state index >= 15 is 0 Å². The molecule has 0 unspecified atom stereocenters. The lowest BCUT2D eigenvalue weighted by Gasteiger charge is -2.32. The third-order valence-corrected chi connectivity index (χ3v) is 5.39. The van der Waals surface area contributed by atoms with E-state index in [2.05, 4.69) is 6.08 Å². The number of benzene rings is 1. The maximum Gasteiger partial charge on any atom is 0.492 e. The SMILES string of the molecule is CC(C)(C)OC(=O)N1CC(B2OC(C)(C)C(C)(C)O2)=C[C@H]1c1ccccc1. The Labute approximate surface area is 162 Å². The highest BCUT2D eigenvalue weighted by atomic mass is 16.7. The molecular weight excluding hydrogens is 341 g/mol. The second-order valence-electron chi connectivity index (χ2n) is 9.29. The molecule has 0 saturated carbocycles. The fourth-order valence-corrected chi connectivity index (χ4v) is 3.21. The summed E-state index contributed by atoms with van der Waals surface area (Å²) in [7, 11) is -0.464. The topological polar surface area (TPSA) is 48.0 Å². The third-order valence-electron chi connectivity index (χ3n) is 5.39. The maximum absolute atomic E-state index is 12.8. The van der Waals surface area contributed by atoms with Gasteiger partial charge in [-0.25, -0.2) is 4.79 Å². The van der Waals surface area contributed by atoms with Crippen LogP contribution in [0.4, 0.5) is 4.79 Å². The summed E-state index contributed by atoms with van der Waals surface area (Å²) >= 11 is 0. The minimum atomic E-state index is -0.550. The average molecular weight is 371 g/mol. The molecule has 0 bridgehead atoms. The van der Waals surface area contributed by atoms with Gasteiger partial charge in [-0.2, -0.15) is 0 Å². The van der Waals surface area contributed by atoms with Gasteiger partial charge in [-0.05, 0) is 59.5 Å². The quantitative estimate of drug-likeness (QED) is 0.717. The van der Waals surface area contributed by atoms with E-state index in [1.807, 2.05) is 78.8 Å². The summed E-state index contributed by atoms with van der Waals surface area (Å²) in [4.78, 5) is 14.6. The van der Waals surface area contributed by atoms with Gasteiger partial charge in [-0.1, -0.05) is 36.4 Å². The van der Waals surface area contributed by atoms with E-state index in [-0.39, 0.29) is 12.1 Å².